The number of nitrogens with one attached hydrogen (secondary N) is 1. The fraction of sp³-hybridized carbons (Fsp3) is 0.611. The molecule has 0 heterocycles. The molecule has 1 unspecified atom stereocenters. The second-order valence-corrected chi connectivity index (χ2v) is 6.76. The zero-order valence-corrected chi connectivity index (χ0v) is 14.3. The first-order valence-electron chi connectivity index (χ1n) is 7.95. The lowest BCUT2D eigenvalue weighted by Gasteiger charge is -2.23. The van der Waals surface area contributed by atoms with Gasteiger partial charge in [0.1, 0.15) is 5.60 Å². The van der Waals surface area contributed by atoms with Crippen molar-refractivity contribution in [3.8, 4) is 0 Å². The van der Waals surface area contributed by atoms with Crippen LogP contribution in [0.4, 0.5) is 4.79 Å². The van der Waals surface area contributed by atoms with Crippen LogP contribution in [0.2, 0.25) is 0 Å². The molecule has 0 aliphatic carbocycles. The monoisotopic (exact) mass is 307 g/mol. The SMILES string of the molecule is CCc1cccc([C@@H](CNC(=O)OC(C)(C)C)CC(C)O)c1. The molecule has 0 bridgehead atoms. The molecule has 0 spiro atoms. The van der Waals surface area contributed by atoms with Gasteiger partial charge < -0.3 is 15.2 Å². The van der Waals surface area contributed by atoms with Crippen LogP contribution in [-0.2, 0) is 11.2 Å². The summed E-state index contributed by atoms with van der Waals surface area (Å²) in [5.41, 5.74) is 1.88. The Hall–Kier alpha value is -1.55. The molecule has 2 atom stereocenters. The van der Waals surface area contributed by atoms with E-state index >= 15 is 0 Å². The lowest BCUT2D eigenvalue weighted by Crippen LogP contribution is -2.35. The number of hydrogen-bond acceptors (Lipinski definition) is 3. The highest BCUT2D eigenvalue weighted by molar-refractivity contribution is 5.67. The summed E-state index contributed by atoms with van der Waals surface area (Å²) in [6.45, 7) is 9.85. The third-order valence-electron chi connectivity index (χ3n) is 3.35. The number of aliphatic hydroxyl groups excluding tert-OH is 1. The fourth-order valence-electron chi connectivity index (χ4n) is 2.34. The van der Waals surface area contributed by atoms with Crippen molar-refractivity contribution in [2.75, 3.05) is 6.54 Å². The number of aliphatic hydroxyl groups is 1. The molecule has 2 N–H and O–H groups in total. The standard InChI is InChI=1S/C18H29NO3/c1-6-14-8-7-9-15(11-14)16(10-13(2)20)12-19-17(21)22-18(3,4)5/h7-9,11,13,16,20H,6,10,12H2,1-5H3,(H,19,21)/t13?,16-/m1/s1. The fourth-order valence-corrected chi connectivity index (χ4v) is 2.34. The highest BCUT2D eigenvalue weighted by Crippen LogP contribution is 2.22. The van der Waals surface area contributed by atoms with Crippen LogP contribution in [0.15, 0.2) is 24.3 Å². The Bertz CT molecular complexity index is 477. The average molecular weight is 307 g/mol. The van der Waals surface area contributed by atoms with Gasteiger partial charge in [0.05, 0.1) is 6.10 Å². The minimum Gasteiger partial charge on any atom is -0.444 e. The molecule has 0 saturated carbocycles. The zero-order valence-electron chi connectivity index (χ0n) is 14.3. The molecule has 0 aromatic heterocycles. The maximum absolute atomic E-state index is 11.8. The zero-order chi connectivity index (χ0) is 16.8. The molecule has 124 valence electrons. The van der Waals surface area contributed by atoms with Crippen LogP contribution < -0.4 is 5.32 Å². The third kappa shape index (κ3) is 6.94. The Morgan fingerprint density at radius 2 is 2.05 bits per heavy atom. The van der Waals surface area contributed by atoms with Gasteiger partial charge in [-0.05, 0) is 51.7 Å². The van der Waals surface area contributed by atoms with Crippen LogP contribution in [0.25, 0.3) is 0 Å². The molecule has 0 aliphatic rings. The number of carbonyl (C=O) groups is 1. The normalized spacial score (nSPS) is 14.3. The minimum absolute atomic E-state index is 0.0685. The Kier molecular flexibility index (Phi) is 6.88. The van der Waals surface area contributed by atoms with E-state index in [0.29, 0.717) is 13.0 Å². The highest BCUT2D eigenvalue weighted by Gasteiger charge is 2.19. The lowest BCUT2D eigenvalue weighted by atomic mass is 9.92. The molecular weight excluding hydrogens is 278 g/mol. The summed E-state index contributed by atoms with van der Waals surface area (Å²) in [4.78, 5) is 11.8. The van der Waals surface area contributed by atoms with Crippen molar-refractivity contribution >= 4 is 6.09 Å². The molecule has 1 amide bonds. The second-order valence-electron chi connectivity index (χ2n) is 6.76. The van der Waals surface area contributed by atoms with E-state index in [1.165, 1.54) is 5.56 Å². The van der Waals surface area contributed by atoms with Crippen molar-refractivity contribution in [3.63, 3.8) is 0 Å². The smallest absolute Gasteiger partial charge is 0.407 e. The van der Waals surface area contributed by atoms with Crippen LogP contribution in [0.5, 0.6) is 0 Å². The van der Waals surface area contributed by atoms with Crippen LogP contribution >= 0.6 is 0 Å². The summed E-state index contributed by atoms with van der Waals surface area (Å²) in [6.07, 6.45) is 0.725. The Morgan fingerprint density at radius 3 is 2.59 bits per heavy atom. The van der Waals surface area contributed by atoms with Crippen molar-refractivity contribution in [3.05, 3.63) is 35.4 Å². The predicted octanol–water partition coefficient (Wildman–Crippen LogP) is 3.63. The van der Waals surface area contributed by atoms with E-state index in [1.54, 1.807) is 6.92 Å². The van der Waals surface area contributed by atoms with E-state index in [1.807, 2.05) is 32.9 Å². The van der Waals surface area contributed by atoms with Gasteiger partial charge >= 0.3 is 6.09 Å². The first-order chi connectivity index (χ1) is 10.2. The predicted molar refractivity (Wildman–Crippen MR) is 89.1 cm³/mol. The summed E-state index contributed by atoms with van der Waals surface area (Å²) in [5.74, 6) is 0.0685. The van der Waals surface area contributed by atoms with Gasteiger partial charge in [0, 0.05) is 12.5 Å². The third-order valence-corrected chi connectivity index (χ3v) is 3.35. The molecule has 22 heavy (non-hydrogen) atoms. The summed E-state index contributed by atoms with van der Waals surface area (Å²) in [6, 6.07) is 8.30. The number of rotatable bonds is 6. The van der Waals surface area contributed by atoms with Crippen molar-refractivity contribution in [1.29, 1.82) is 0 Å². The first-order valence-corrected chi connectivity index (χ1v) is 7.95. The van der Waals surface area contributed by atoms with Gasteiger partial charge in [0.25, 0.3) is 0 Å². The van der Waals surface area contributed by atoms with Crippen LogP contribution in [-0.4, -0.2) is 29.4 Å². The van der Waals surface area contributed by atoms with Crippen molar-refractivity contribution < 1.29 is 14.6 Å². The van der Waals surface area contributed by atoms with Gasteiger partial charge in [-0.3, -0.25) is 0 Å². The Labute approximate surface area is 133 Å². The number of hydrogen-bond donors (Lipinski definition) is 2. The maximum Gasteiger partial charge on any atom is 0.407 e. The van der Waals surface area contributed by atoms with Gasteiger partial charge in [-0.1, -0.05) is 31.2 Å². The second kappa shape index (κ2) is 8.18. The number of alkyl carbamates (subject to hydrolysis) is 1. The van der Waals surface area contributed by atoms with E-state index < -0.39 is 17.8 Å². The number of benzene rings is 1. The molecule has 0 fully saturated rings. The average Bonchev–Trinajstić information content (AvgIpc) is 2.41. The van der Waals surface area contributed by atoms with E-state index in [0.717, 1.165) is 12.0 Å². The molecule has 0 aliphatic heterocycles. The van der Waals surface area contributed by atoms with Crippen molar-refractivity contribution in [2.24, 2.45) is 0 Å². The van der Waals surface area contributed by atoms with Gasteiger partial charge in [-0.15, -0.1) is 0 Å². The minimum atomic E-state index is -0.508. The molecule has 0 saturated heterocycles. The molecular formula is C18H29NO3. The molecule has 1 aromatic rings. The van der Waals surface area contributed by atoms with Gasteiger partial charge in [-0.25, -0.2) is 4.79 Å². The number of ether oxygens (including phenoxy) is 1. The van der Waals surface area contributed by atoms with Gasteiger partial charge in [0.15, 0.2) is 0 Å². The quantitative estimate of drug-likeness (QED) is 0.843. The van der Waals surface area contributed by atoms with E-state index in [9.17, 15) is 9.90 Å². The Balaban J connectivity index is 2.74. The Morgan fingerprint density at radius 1 is 1.36 bits per heavy atom. The maximum atomic E-state index is 11.8. The molecule has 1 rings (SSSR count). The molecule has 4 heteroatoms. The topological polar surface area (TPSA) is 58.6 Å². The molecule has 1 aromatic carbocycles. The summed E-state index contributed by atoms with van der Waals surface area (Å²) >= 11 is 0. The van der Waals surface area contributed by atoms with E-state index in [4.69, 9.17) is 4.74 Å². The largest absolute Gasteiger partial charge is 0.444 e. The van der Waals surface area contributed by atoms with E-state index in [-0.39, 0.29) is 5.92 Å². The first kappa shape index (κ1) is 18.5. The van der Waals surface area contributed by atoms with Crippen LogP contribution in [0, 0.1) is 0 Å². The summed E-state index contributed by atoms with van der Waals surface area (Å²) in [7, 11) is 0. The van der Waals surface area contributed by atoms with Crippen molar-refractivity contribution in [2.45, 2.75) is 65.1 Å². The van der Waals surface area contributed by atoms with E-state index in [2.05, 4.69) is 24.4 Å². The number of carbonyl (C=O) groups excluding carboxylic acids is 1. The van der Waals surface area contributed by atoms with Gasteiger partial charge in [-0.2, -0.15) is 0 Å². The summed E-state index contributed by atoms with van der Waals surface area (Å²) < 4.78 is 5.26. The van der Waals surface area contributed by atoms with Gasteiger partial charge in [0.2, 0.25) is 0 Å². The number of aryl methyl sites for hydroxylation is 1. The lowest BCUT2D eigenvalue weighted by molar-refractivity contribution is 0.0520. The summed E-state index contributed by atoms with van der Waals surface area (Å²) in [5, 5.41) is 12.5. The van der Waals surface area contributed by atoms with Crippen LogP contribution in [0.1, 0.15) is 58.1 Å². The molecule has 4 nitrogen and oxygen atoms in total. The van der Waals surface area contributed by atoms with Crippen LogP contribution in [0.3, 0.4) is 0 Å². The van der Waals surface area contributed by atoms with Crippen molar-refractivity contribution in [1.82, 2.24) is 5.32 Å². The highest BCUT2D eigenvalue weighted by atomic mass is 16.6. The molecule has 0 radical (unpaired) electrons. The number of amides is 1.